The zero-order valence-corrected chi connectivity index (χ0v) is 21.7. The highest BCUT2D eigenvalue weighted by atomic mass is 127. The van der Waals surface area contributed by atoms with Crippen molar-refractivity contribution in [1.82, 2.24) is 15.5 Å². The average Bonchev–Trinajstić information content (AvgIpc) is 3.20. The number of benzene rings is 1. The number of guanidine groups is 1. The van der Waals surface area contributed by atoms with Crippen LogP contribution in [0.25, 0.3) is 0 Å². The Balaban J connectivity index is 0.00000320. The second-order valence-electron chi connectivity index (χ2n) is 8.63. The van der Waals surface area contributed by atoms with Gasteiger partial charge in [-0.1, -0.05) is 44.9 Å². The summed E-state index contributed by atoms with van der Waals surface area (Å²) in [5.74, 6) is 1.24. The van der Waals surface area contributed by atoms with E-state index in [1.54, 1.807) is 0 Å². The van der Waals surface area contributed by atoms with E-state index in [0.717, 1.165) is 38.4 Å². The molecule has 0 aromatic heterocycles. The van der Waals surface area contributed by atoms with Crippen molar-refractivity contribution < 1.29 is 4.79 Å². The molecule has 1 saturated carbocycles. The fourth-order valence-electron chi connectivity index (χ4n) is 4.31. The first kappa shape index (κ1) is 25.3. The smallest absolute Gasteiger partial charge is 0.225 e. The largest absolute Gasteiger partial charge is 0.355 e. The molecule has 2 aliphatic rings. The number of hydrogen-bond acceptors (Lipinski definition) is 3. The fraction of sp³-hybridized carbons (Fsp3) is 0.652. The third-order valence-corrected chi connectivity index (χ3v) is 7.53. The van der Waals surface area contributed by atoms with E-state index in [0.29, 0.717) is 6.04 Å². The van der Waals surface area contributed by atoms with Crippen LogP contribution in [0.4, 0.5) is 0 Å². The summed E-state index contributed by atoms with van der Waals surface area (Å²) in [5, 5.41) is 7.20. The molecule has 1 amide bonds. The van der Waals surface area contributed by atoms with Crippen molar-refractivity contribution >= 4 is 47.6 Å². The van der Waals surface area contributed by atoms with Gasteiger partial charge in [0.2, 0.25) is 5.91 Å². The lowest BCUT2D eigenvalue weighted by Crippen LogP contribution is -2.52. The summed E-state index contributed by atoms with van der Waals surface area (Å²) >= 11 is 2.01. The topological polar surface area (TPSA) is 56.7 Å². The van der Waals surface area contributed by atoms with Gasteiger partial charge in [-0.25, -0.2) is 0 Å². The molecule has 3 rings (SSSR count). The van der Waals surface area contributed by atoms with Crippen molar-refractivity contribution in [2.75, 3.05) is 26.7 Å². The van der Waals surface area contributed by atoms with Crippen LogP contribution >= 0.6 is 35.7 Å². The molecule has 0 radical (unpaired) electrons. The van der Waals surface area contributed by atoms with Crippen LogP contribution in [0.3, 0.4) is 0 Å². The number of piperidine rings is 1. The van der Waals surface area contributed by atoms with E-state index in [2.05, 4.69) is 46.0 Å². The quantitative estimate of drug-likeness (QED) is 0.314. The van der Waals surface area contributed by atoms with Gasteiger partial charge < -0.3 is 15.5 Å². The minimum Gasteiger partial charge on any atom is -0.355 e. The van der Waals surface area contributed by atoms with E-state index in [1.165, 1.54) is 30.6 Å². The van der Waals surface area contributed by atoms with Gasteiger partial charge in [-0.15, -0.1) is 35.7 Å². The van der Waals surface area contributed by atoms with Crippen molar-refractivity contribution in [3.05, 3.63) is 30.3 Å². The molecular formula is C23H37IN4OS. The summed E-state index contributed by atoms with van der Waals surface area (Å²) in [6.07, 6.45) is 7.04. The van der Waals surface area contributed by atoms with Crippen molar-refractivity contribution in [2.45, 2.75) is 68.1 Å². The predicted octanol–water partition coefficient (Wildman–Crippen LogP) is 4.52. The highest BCUT2D eigenvalue weighted by Crippen LogP contribution is 2.44. The molecule has 0 spiro atoms. The number of halogens is 1. The molecule has 2 N–H and O–H groups in total. The van der Waals surface area contributed by atoms with Crippen LogP contribution in [0.2, 0.25) is 0 Å². The molecule has 168 valence electrons. The normalized spacial score (nSPS) is 19.5. The summed E-state index contributed by atoms with van der Waals surface area (Å²) in [5.41, 5.74) is 0. The zero-order chi connectivity index (χ0) is 20.7. The number of aliphatic imine (C=N–C) groups is 1. The Morgan fingerprint density at radius 1 is 1.20 bits per heavy atom. The SMILES string of the molecule is CN=C(NCC1(Sc2ccccc2)CCCC1)NC1CCN(C(=O)C(C)C)CC1.I. The van der Waals surface area contributed by atoms with Crippen molar-refractivity contribution in [1.29, 1.82) is 0 Å². The monoisotopic (exact) mass is 544 g/mol. The number of thioether (sulfide) groups is 1. The molecule has 1 aromatic rings. The first-order valence-corrected chi connectivity index (χ1v) is 11.8. The van der Waals surface area contributed by atoms with Crippen LogP contribution in [0.15, 0.2) is 40.2 Å². The van der Waals surface area contributed by atoms with Crippen LogP contribution in [0.5, 0.6) is 0 Å². The van der Waals surface area contributed by atoms with Gasteiger partial charge in [0, 0.05) is 48.3 Å². The summed E-state index contributed by atoms with van der Waals surface area (Å²) in [7, 11) is 1.85. The van der Waals surface area contributed by atoms with Gasteiger partial charge in [0.1, 0.15) is 0 Å². The minimum absolute atomic E-state index is 0. The number of carbonyl (C=O) groups excluding carboxylic acids is 1. The molecular weight excluding hydrogens is 507 g/mol. The number of nitrogens with one attached hydrogen (secondary N) is 2. The van der Waals surface area contributed by atoms with E-state index in [-0.39, 0.29) is 40.5 Å². The summed E-state index contributed by atoms with van der Waals surface area (Å²) in [4.78, 5) is 20.0. The number of likely N-dealkylation sites (tertiary alicyclic amines) is 1. The van der Waals surface area contributed by atoms with Gasteiger partial charge in [0.15, 0.2) is 5.96 Å². The number of amides is 1. The molecule has 1 saturated heterocycles. The molecule has 1 aromatic carbocycles. The van der Waals surface area contributed by atoms with Gasteiger partial charge in [-0.05, 0) is 37.8 Å². The Labute approximate surface area is 203 Å². The number of rotatable bonds is 6. The van der Waals surface area contributed by atoms with Crippen molar-refractivity contribution in [3.63, 3.8) is 0 Å². The van der Waals surface area contributed by atoms with E-state index >= 15 is 0 Å². The minimum atomic E-state index is 0. The van der Waals surface area contributed by atoms with Crippen LogP contribution in [-0.4, -0.2) is 54.2 Å². The molecule has 0 atom stereocenters. The molecule has 1 aliphatic heterocycles. The van der Waals surface area contributed by atoms with Crippen LogP contribution in [0.1, 0.15) is 52.4 Å². The lowest BCUT2D eigenvalue weighted by molar-refractivity contribution is -0.135. The predicted molar refractivity (Wildman–Crippen MR) is 138 cm³/mol. The number of carbonyl (C=O) groups is 1. The van der Waals surface area contributed by atoms with Gasteiger partial charge in [0.25, 0.3) is 0 Å². The highest BCUT2D eigenvalue weighted by molar-refractivity contribution is 14.0. The molecule has 5 nitrogen and oxygen atoms in total. The van der Waals surface area contributed by atoms with E-state index in [1.807, 2.05) is 37.6 Å². The van der Waals surface area contributed by atoms with Gasteiger partial charge in [-0.3, -0.25) is 9.79 Å². The van der Waals surface area contributed by atoms with E-state index in [9.17, 15) is 4.79 Å². The molecule has 0 unspecified atom stereocenters. The maximum atomic E-state index is 12.2. The molecule has 0 bridgehead atoms. The number of nitrogens with zero attached hydrogens (tertiary/aromatic N) is 2. The van der Waals surface area contributed by atoms with Gasteiger partial charge in [0.05, 0.1) is 0 Å². The van der Waals surface area contributed by atoms with E-state index in [4.69, 9.17) is 0 Å². The van der Waals surface area contributed by atoms with Crippen molar-refractivity contribution in [2.24, 2.45) is 10.9 Å². The Kier molecular flexibility index (Phi) is 10.3. The Morgan fingerprint density at radius 3 is 2.40 bits per heavy atom. The summed E-state index contributed by atoms with van der Waals surface area (Å²) < 4.78 is 0.242. The Morgan fingerprint density at radius 2 is 1.83 bits per heavy atom. The maximum absolute atomic E-state index is 12.2. The molecule has 1 aliphatic carbocycles. The Hall–Kier alpha value is -0.960. The van der Waals surface area contributed by atoms with Crippen molar-refractivity contribution in [3.8, 4) is 0 Å². The molecule has 30 heavy (non-hydrogen) atoms. The second-order valence-corrected chi connectivity index (χ2v) is 10.2. The fourth-order valence-corrected chi connectivity index (χ4v) is 5.75. The third-order valence-electron chi connectivity index (χ3n) is 6.04. The number of hydrogen-bond donors (Lipinski definition) is 2. The van der Waals surface area contributed by atoms with Gasteiger partial charge in [-0.2, -0.15) is 0 Å². The first-order chi connectivity index (χ1) is 14.0. The summed E-state index contributed by atoms with van der Waals surface area (Å²) in [6.45, 7) is 6.55. The summed E-state index contributed by atoms with van der Waals surface area (Å²) in [6, 6.07) is 11.1. The third kappa shape index (κ3) is 7.04. The standard InChI is InChI=1S/C23H36N4OS.HI/c1-18(2)21(28)27-15-11-19(12-16-27)26-22(24-3)25-17-23(13-7-8-14-23)29-20-9-5-4-6-10-20;/h4-6,9-10,18-19H,7-8,11-17H2,1-3H3,(H2,24,25,26);1H. The van der Waals surface area contributed by atoms with E-state index < -0.39 is 0 Å². The van der Waals surface area contributed by atoms with Crippen LogP contribution in [0, 0.1) is 5.92 Å². The first-order valence-electron chi connectivity index (χ1n) is 11.0. The zero-order valence-electron chi connectivity index (χ0n) is 18.5. The van der Waals surface area contributed by atoms with Gasteiger partial charge >= 0.3 is 0 Å². The van der Waals surface area contributed by atoms with Crippen LogP contribution in [-0.2, 0) is 4.79 Å². The molecule has 7 heteroatoms. The molecule has 2 fully saturated rings. The lowest BCUT2D eigenvalue weighted by atomic mass is 10.0. The lowest BCUT2D eigenvalue weighted by Gasteiger charge is -2.35. The van der Waals surface area contributed by atoms with Crippen LogP contribution < -0.4 is 10.6 Å². The average molecular weight is 545 g/mol. The Bertz CT molecular complexity index is 684. The second kappa shape index (κ2) is 12.2. The highest BCUT2D eigenvalue weighted by Gasteiger charge is 2.35. The molecule has 1 heterocycles. The maximum Gasteiger partial charge on any atom is 0.225 e.